The van der Waals surface area contributed by atoms with Gasteiger partial charge in [-0.3, -0.25) is 24.6 Å². The highest BCUT2D eigenvalue weighted by molar-refractivity contribution is 6.16. The number of hydrogen-bond donors (Lipinski definition) is 1. The summed E-state index contributed by atoms with van der Waals surface area (Å²) in [6.07, 6.45) is 0. The maximum Gasteiger partial charge on any atom is 0.294 e. The Hall–Kier alpha value is -3.68. The summed E-state index contributed by atoms with van der Waals surface area (Å²) in [5, 5.41) is 21.2. The van der Waals surface area contributed by atoms with Crippen LogP contribution in [-0.4, -0.2) is 28.8 Å². The Balaban J connectivity index is 2.15. The number of aliphatic hydroxyl groups excluding tert-OH is 1. The van der Waals surface area contributed by atoms with Crippen LogP contribution in [0, 0.1) is 10.1 Å². The molecule has 27 heavy (non-hydrogen) atoms. The van der Waals surface area contributed by atoms with Crippen LogP contribution in [0.15, 0.2) is 59.9 Å². The van der Waals surface area contributed by atoms with E-state index in [9.17, 15) is 24.8 Å². The zero-order chi connectivity index (χ0) is 19.7. The molecule has 0 radical (unpaired) electrons. The third-order valence-corrected chi connectivity index (χ3v) is 4.34. The molecule has 1 aliphatic rings. The highest BCUT2D eigenvalue weighted by atomic mass is 16.6. The summed E-state index contributed by atoms with van der Waals surface area (Å²) in [6, 6.07) is 11.2. The molecule has 0 saturated carbocycles. The molecule has 8 heteroatoms. The maximum atomic E-state index is 12.7. The first-order valence-electron chi connectivity index (χ1n) is 8.01. The number of non-ortho nitro benzene ring substituents is 1. The molecule has 0 aromatic heterocycles. The average molecular weight is 368 g/mol. The van der Waals surface area contributed by atoms with Gasteiger partial charge in [-0.2, -0.15) is 0 Å². The number of Topliss-reactive ketones (excluding diaryl/α,β-unsaturated/α-hetero) is 1. The van der Waals surface area contributed by atoms with Crippen molar-refractivity contribution >= 4 is 23.1 Å². The van der Waals surface area contributed by atoms with E-state index in [2.05, 4.69) is 0 Å². The summed E-state index contributed by atoms with van der Waals surface area (Å²) < 4.78 is 5.18. The highest BCUT2D eigenvalue weighted by Gasteiger charge is 2.43. The van der Waals surface area contributed by atoms with Gasteiger partial charge in [0.1, 0.15) is 5.75 Å². The molecule has 3 rings (SSSR count). The number of anilines is 1. The number of hydrogen-bond acceptors (Lipinski definition) is 6. The molecule has 1 aliphatic heterocycles. The lowest BCUT2D eigenvalue weighted by Crippen LogP contribution is -2.30. The molecule has 1 atom stereocenters. The lowest BCUT2D eigenvalue weighted by molar-refractivity contribution is -0.384. The van der Waals surface area contributed by atoms with Crippen molar-refractivity contribution in [2.75, 3.05) is 12.0 Å². The fourth-order valence-corrected chi connectivity index (χ4v) is 3.09. The smallest absolute Gasteiger partial charge is 0.294 e. The second-order valence-electron chi connectivity index (χ2n) is 5.95. The highest BCUT2D eigenvalue weighted by Crippen LogP contribution is 2.41. The number of nitro groups is 1. The molecule has 0 saturated heterocycles. The summed E-state index contributed by atoms with van der Waals surface area (Å²) in [7, 11) is 1.48. The van der Waals surface area contributed by atoms with Crippen LogP contribution in [0.5, 0.6) is 5.75 Å². The zero-order valence-electron chi connectivity index (χ0n) is 14.6. The minimum atomic E-state index is -0.900. The number of methoxy groups -OCH3 is 1. The number of amides is 1. The number of nitro benzene ring substituents is 1. The van der Waals surface area contributed by atoms with Crippen molar-refractivity contribution in [3.8, 4) is 5.75 Å². The van der Waals surface area contributed by atoms with Gasteiger partial charge in [0.25, 0.3) is 11.6 Å². The zero-order valence-corrected chi connectivity index (χ0v) is 14.6. The molecular weight excluding hydrogens is 352 g/mol. The van der Waals surface area contributed by atoms with Crippen molar-refractivity contribution in [2.45, 2.75) is 13.0 Å². The second kappa shape index (κ2) is 6.91. The minimum absolute atomic E-state index is 0.0586. The van der Waals surface area contributed by atoms with Crippen LogP contribution in [0.3, 0.4) is 0 Å². The normalized spacial score (nSPS) is 16.6. The van der Waals surface area contributed by atoms with Crippen molar-refractivity contribution in [2.24, 2.45) is 0 Å². The van der Waals surface area contributed by atoms with E-state index >= 15 is 0 Å². The fourth-order valence-electron chi connectivity index (χ4n) is 3.09. The number of carbonyl (C=O) groups excluding carboxylic acids is 2. The lowest BCUT2D eigenvalue weighted by Gasteiger charge is -2.26. The van der Waals surface area contributed by atoms with Gasteiger partial charge in [0, 0.05) is 23.9 Å². The second-order valence-corrected chi connectivity index (χ2v) is 5.95. The maximum absolute atomic E-state index is 12.7. The van der Waals surface area contributed by atoms with Crippen molar-refractivity contribution in [3.63, 3.8) is 0 Å². The van der Waals surface area contributed by atoms with E-state index < -0.39 is 28.4 Å². The van der Waals surface area contributed by atoms with Gasteiger partial charge in [-0.25, -0.2) is 0 Å². The lowest BCUT2D eigenvalue weighted by atomic mass is 9.96. The molecule has 2 aromatic rings. The Morgan fingerprint density at radius 1 is 1.22 bits per heavy atom. The van der Waals surface area contributed by atoms with Gasteiger partial charge in [0.15, 0.2) is 11.5 Å². The number of benzene rings is 2. The van der Waals surface area contributed by atoms with Gasteiger partial charge in [-0.1, -0.05) is 6.07 Å². The molecule has 1 amide bonds. The Morgan fingerprint density at radius 3 is 2.44 bits per heavy atom. The van der Waals surface area contributed by atoms with Crippen molar-refractivity contribution in [3.05, 3.63) is 75.5 Å². The molecular formula is C19H16N2O6. The Morgan fingerprint density at radius 2 is 1.89 bits per heavy atom. The molecule has 0 spiro atoms. The van der Waals surface area contributed by atoms with E-state index in [-0.39, 0.29) is 11.3 Å². The summed E-state index contributed by atoms with van der Waals surface area (Å²) in [4.78, 5) is 36.5. The number of ether oxygens (including phenoxy) is 1. The van der Waals surface area contributed by atoms with Crippen LogP contribution in [0.25, 0.3) is 0 Å². The molecule has 0 aliphatic carbocycles. The van der Waals surface area contributed by atoms with E-state index in [1.54, 1.807) is 24.3 Å². The van der Waals surface area contributed by atoms with Gasteiger partial charge in [0.05, 0.1) is 23.6 Å². The van der Waals surface area contributed by atoms with E-state index in [1.165, 1.54) is 43.2 Å². The molecule has 1 N–H and O–H groups in total. The quantitative estimate of drug-likeness (QED) is 0.641. The molecule has 1 heterocycles. The van der Waals surface area contributed by atoms with Crippen LogP contribution in [-0.2, 0) is 9.59 Å². The van der Waals surface area contributed by atoms with Gasteiger partial charge >= 0.3 is 0 Å². The number of aliphatic hydroxyl groups is 1. The Bertz CT molecular complexity index is 964. The molecule has 8 nitrogen and oxygen atoms in total. The van der Waals surface area contributed by atoms with E-state index in [4.69, 9.17) is 4.74 Å². The Labute approximate surface area is 154 Å². The summed E-state index contributed by atoms with van der Waals surface area (Å²) in [6.45, 7) is 1.26. The largest absolute Gasteiger partial charge is 0.503 e. The van der Waals surface area contributed by atoms with Gasteiger partial charge in [0.2, 0.25) is 0 Å². The SMILES string of the molecule is COc1cccc(N2C(=O)C(O)=C(C(C)=O)[C@H]2c2ccc([N+](=O)[O-])cc2)c1. The number of nitrogens with zero attached hydrogens (tertiary/aromatic N) is 2. The van der Waals surface area contributed by atoms with Crippen molar-refractivity contribution in [1.82, 2.24) is 0 Å². The Kier molecular flexibility index (Phi) is 4.64. The molecule has 2 aromatic carbocycles. The van der Waals surface area contributed by atoms with Crippen LogP contribution >= 0.6 is 0 Å². The third kappa shape index (κ3) is 3.12. The average Bonchev–Trinajstić information content (AvgIpc) is 2.93. The van der Waals surface area contributed by atoms with Crippen LogP contribution in [0.4, 0.5) is 11.4 Å². The first-order chi connectivity index (χ1) is 12.8. The summed E-state index contributed by atoms with van der Waals surface area (Å²) >= 11 is 0. The molecule has 0 fully saturated rings. The van der Waals surface area contributed by atoms with E-state index in [0.717, 1.165) is 0 Å². The summed E-state index contributed by atoms with van der Waals surface area (Å²) in [5.41, 5.74) is 0.710. The fraction of sp³-hybridized carbons (Fsp3) is 0.158. The topological polar surface area (TPSA) is 110 Å². The molecule has 0 unspecified atom stereocenters. The molecule has 0 bridgehead atoms. The number of ketones is 1. The van der Waals surface area contributed by atoms with E-state index in [0.29, 0.717) is 17.0 Å². The van der Waals surface area contributed by atoms with E-state index in [1.807, 2.05) is 0 Å². The van der Waals surface area contributed by atoms with Gasteiger partial charge in [-0.15, -0.1) is 0 Å². The van der Waals surface area contributed by atoms with Crippen molar-refractivity contribution < 1.29 is 24.4 Å². The molecule has 138 valence electrons. The number of rotatable bonds is 5. The first-order valence-corrected chi connectivity index (χ1v) is 8.01. The van der Waals surface area contributed by atoms with Crippen molar-refractivity contribution in [1.29, 1.82) is 0 Å². The van der Waals surface area contributed by atoms with Crippen LogP contribution < -0.4 is 9.64 Å². The third-order valence-electron chi connectivity index (χ3n) is 4.34. The van der Waals surface area contributed by atoms with Gasteiger partial charge < -0.3 is 9.84 Å². The van der Waals surface area contributed by atoms with Crippen LogP contribution in [0.1, 0.15) is 18.5 Å². The van der Waals surface area contributed by atoms with Crippen LogP contribution in [0.2, 0.25) is 0 Å². The number of carbonyl (C=O) groups is 2. The predicted molar refractivity (Wildman–Crippen MR) is 96.7 cm³/mol. The minimum Gasteiger partial charge on any atom is -0.503 e. The van der Waals surface area contributed by atoms with Gasteiger partial charge in [-0.05, 0) is 36.8 Å². The standard InChI is InChI=1S/C19H16N2O6/c1-11(22)16-17(12-6-8-13(9-7-12)21(25)26)20(19(24)18(16)23)14-4-3-5-15(10-14)27-2/h3-10,17,23H,1-2H3/t17-/m1/s1. The summed E-state index contributed by atoms with van der Waals surface area (Å²) in [5.74, 6) is -1.32. The predicted octanol–water partition coefficient (Wildman–Crippen LogP) is 3.09. The monoisotopic (exact) mass is 368 g/mol. The first kappa shape index (κ1) is 18.1.